The van der Waals surface area contributed by atoms with Crippen LogP contribution in [-0.4, -0.2) is 19.1 Å². The van der Waals surface area contributed by atoms with E-state index in [0.29, 0.717) is 6.42 Å². The van der Waals surface area contributed by atoms with Gasteiger partial charge in [0.25, 0.3) is 0 Å². The third-order valence-electron chi connectivity index (χ3n) is 3.20. The fourth-order valence-corrected chi connectivity index (χ4v) is 2.08. The molecule has 0 saturated heterocycles. The molecule has 0 spiro atoms. The second kappa shape index (κ2) is 3.64. The minimum atomic E-state index is -0.704. The molecular formula is C13H13NO2. The second-order valence-corrected chi connectivity index (χ2v) is 4.18. The summed E-state index contributed by atoms with van der Waals surface area (Å²) >= 11 is 0. The largest absolute Gasteiger partial charge is 0.468 e. The first-order valence-electron chi connectivity index (χ1n) is 5.17. The third kappa shape index (κ3) is 1.38. The molecule has 2 unspecified atom stereocenters. The molecule has 0 bridgehead atoms. The summed E-state index contributed by atoms with van der Waals surface area (Å²) in [5.41, 5.74) is 1.33. The predicted molar refractivity (Wildman–Crippen MR) is 59.9 cm³/mol. The smallest absolute Gasteiger partial charge is 0.324 e. The number of carbonyl (C=O) groups excluding carboxylic acids is 1. The van der Waals surface area contributed by atoms with E-state index >= 15 is 0 Å². The van der Waals surface area contributed by atoms with E-state index in [-0.39, 0.29) is 12.0 Å². The van der Waals surface area contributed by atoms with Crippen molar-refractivity contribution in [2.75, 3.05) is 7.11 Å². The number of hydrogen-bond acceptors (Lipinski definition) is 2. The van der Waals surface area contributed by atoms with Crippen LogP contribution in [0.4, 0.5) is 0 Å². The lowest BCUT2D eigenvalue weighted by Gasteiger charge is -2.11. The average molecular weight is 215 g/mol. The van der Waals surface area contributed by atoms with Crippen LogP contribution in [0.5, 0.6) is 0 Å². The van der Waals surface area contributed by atoms with Gasteiger partial charge >= 0.3 is 5.97 Å². The fourth-order valence-electron chi connectivity index (χ4n) is 2.08. The summed E-state index contributed by atoms with van der Waals surface area (Å²) in [6.45, 7) is 9.05. The van der Waals surface area contributed by atoms with Gasteiger partial charge in [-0.3, -0.25) is 4.79 Å². The highest BCUT2D eigenvalue weighted by atomic mass is 16.5. The van der Waals surface area contributed by atoms with Crippen LogP contribution in [0.15, 0.2) is 24.3 Å². The van der Waals surface area contributed by atoms with E-state index in [2.05, 4.69) is 4.85 Å². The zero-order chi connectivity index (χ0) is 11.8. The summed E-state index contributed by atoms with van der Waals surface area (Å²) in [6.07, 6.45) is 0.576. The van der Waals surface area contributed by atoms with Gasteiger partial charge in [-0.05, 0) is 12.5 Å². The molecule has 2 rings (SSSR count). The molecule has 1 aromatic rings. The highest BCUT2D eigenvalue weighted by molar-refractivity contribution is 5.89. The van der Waals surface area contributed by atoms with E-state index in [0.717, 1.165) is 11.1 Å². The Kier molecular flexibility index (Phi) is 2.43. The summed E-state index contributed by atoms with van der Waals surface area (Å²) < 4.78 is 4.81. The molecule has 3 heteroatoms. The molecule has 0 aliphatic heterocycles. The molecule has 0 aromatic heterocycles. The Labute approximate surface area is 94.9 Å². The van der Waals surface area contributed by atoms with Crippen molar-refractivity contribution >= 4 is 5.97 Å². The van der Waals surface area contributed by atoms with Crippen LogP contribution in [0.25, 0.3) is 4.85 Å². The van der Waals surface area contributed by atoms with Gasteiger partial charge in [0.15, 0.2) is 5.41 Å². The molecule has 1 aliphatic carbocycles. The minimum Gasteiger partial charge on any atom is -0.468 e. The van der Waals surface area contributed by atoms with E-state index in [1.807, 2.05) is 31.2 Å². The molecule has 82 valence electrons. The maximum absolute atomic E-state index is 11.8. The number of hydrogen-bond donors (Lipinski definition) is 0. The van der Waals surface area contributed by atoms with Crippen molar-refractivity contribution in [3.63, 3.8) is 0 Å². The lowest BCUT2D eigenvalue weighted by atomic mass is 9.94. The topological polar surface area (TPSA) is 30.7 Å². The van der Waals surface area contributed by atoms with Gasteiger partial charge in [-0.2, -0.15) is 0 Å². The Morgan fingerprint density at radius 3 is 2.56 bits per heavy atom. The molecule has 1 fully saturated rings. The number of rotatable bonds is 2. The van der Waals surface area contributed by atoms with E-state index in [4.69, 9.17) is 11.3 Å². The van der Waals surface area contributed by atoms with Crippen LogP contribution in [0.3, 0.4) is 0 Å². The van der Waals surface area contributed by atoms with Crippen LogP contribution >= 0.6 is 0 Å². The standard InChI is InChI=1S/C13H13NO2/c1-9-4-6-10(7-5-9)13(12(15)16-3)8-11(13)14-2/h4-7,11H,8H2,1,3H3. The van der Waals surface area contributed by atoms with Crippen molar-refractivity contribution < 1.29 is 9.53 Å². The molecule has 1 aliphatic rings. The number of carbonyl (C=O) groups is 1. The van der Waals surface area contributed by atoms with E-state index < -0.39 is 5.41 Å². The maximum Gasteiger partial charge on any atom is 0.324 e. The van der Waals surface area contributed by atoms with Crippen molar-refractivity contribution in [3.8, 4) is 0 Å². The zero-order valence-corrected chi connectivity index (χ0v) is 9.36. The highest BCUT2D eigenvalue weighted by Crippen LogP contribution is 2.51. The average Bonchev–Trinajstić information content (AvgIpc) is 3.04. The molecule has 0 amide bonds. The Morgan fingerprint density at radius 1 is 1.50 bits per heavy atom. The van der Waals surface area contributed by atoms with Crippen molar-refractivity contribution in [1.29, 1.82) is 0 Å². The number of ether oxygens (including phenoxy) is 1. The van der Waals surface area contributed by atoms with Gasteiger partial charge in [-0.15, -0.1) is 0 Å². The summed E-state index contributed by atoms with van der Waals surface area (Å²) in [4.78, 5) is 15.3. The van der Waals surface area contributed by atoms with Crippen LogP contribution in [0, 0.1) is 13.5 Å². The van der Waals surface area contributed by atoms with Gasteiger partial charge in [0.1, 0.15) is 0 Å². The predicted octanol–water partition coefficient (Wildman–Crippen LogP) is 2.10. The van der Waals surface area contributed by atoms with Crippen molar-refractivity contribution in [2.24, 2.45) is 0 Å². The second-order valence-electron chi connectivity index (χ2n) is 4.18. The summed E-state index contributed by atoms with van der Waals surface area (Å²) in [6, 6.07) is 7.48. The molecule has 3 nitrogen and oxygen atoms in total. The van der Waals surface area contributed by atoms with Crippen LogP contribution in [-0.2, 0) is 14.9 Å². The maximum atomic E-state index is 11.8. The van der Waals surface area contributed by atoms with Crippen molar-refractivity contribution in [3.05, 3.63) is 46.8 Å². The molecule has 0 heterocycles. The number of aryl methyl sites for hydroxylation is 1. The first kappa shape index (κ1) is 10.7. The zero-order valence-electron chi connectivity index (χ0n) is 9.36. The summed E-state index contributed by atoms with van der Waals surface area (Å²) in [7, 11) is 1.37. The van der Waals surface area contributed by atoms with Gasteiger partial charge in [-0.1, -0.05) is 29.8 Å². The van der Waals surface area contributed by atoms with Gasteiger partial charge < -0.3 is 9.58 Å². The molecular weight excluding hydrogens is 202 g/mol. The van der Waals surface area contributed by atoms with Gasteiger partial charge in [0, 0.05) is 0 Å². The number of methoxy groups -OCH3 is 1. The van der Waals surface area contributed by atoms with Crippen LogP contribution < -0.4 is 0 Å². The van der Waals surface area contributed by atoms with E-state index in [1.165, 1.54) is 7.11 Å². The first-order chi connectivity index (χ1) is 7.65. The fraction of sp³-hybridized carbons (Fsp3) is 0.385. The van der Waals surface area contributed by atoms with Gasteiger partial charge in [0.2, 0.25) is 6.04 Å². The number of nitrogens with zero attached hydrogens (tertiary/aromatic N) is 1. The summed E-state index contributed by atoms with van der Waals surface area (Å²) in [5, 5.41) is 0. The van der Waals surface area contributed by atoms with Gasteiger partial charge in [0.05, 0.1) is 13.5 Å². The molecule has 1 saturated carbocycles. The Hall–Kier alpha value is -1.82. The SMILES string of the molecule is [C-]#[N+]C1CC1(C(=O)OC)c1ccc(C)cc1. The van der Waals surface area contributed by atoms with Crippen LogP contribution in [0.2, 0.25) is 0 Å². The minimum absolute atomic E-state index is 0.261. The Balaban J connectivity index is 2.40. The molecule has 0 N–H and O–H groups in total. The first-order valence-corrected chi connectivity index (χ1v) is 5.17. The Morgan fingerprint density at radius 2 is 2.12 bits per heavy atom. The van der Waals surface area contributed by atoms with Crippen molar-refractivity contribution in [1.82, 2.24) is 0 Å². The normalized spacial score (nSPS) is 26.9. The van der Waals surface area contributed by atoms with Crippen LogP contribution in [0.1, 0.15) is 17.5 Å². The quantitative estimate of drug-likeness (QED) is 0.558. The molecule has 0 radical (unpaired) electrons. The lowest BCUT2D eigenvalue weighted by molar-refractivity contribution is -0.143. The highest BCUT2D eigenvalue weighted by Gasteiger charge is 2.69. The number of benzene rings is 1. The van der Waals surface area contributed by atoms with E-state index in [9.17, 15) is 4.79 Å². The van der Waals surface area contributed by atoms with Gasteiger partial charge in [-0.25, -0.2) is 6.57 Å². The molecule has 2 atom stereocenters. The third-order valence-corrected chi connectivity index (χ3v) is 3.20. The van der Waals surface area contributed by atoms with E-state index in [1.54, 1.807) is 0 Å². The Bertz CT molecular complexity index is 458. The van der Waals surface area contributed by atoms with Crippen molar-refractivity contribution in [2.45, 2.75) is 24.8 Å². The molecule has 1 aromatic carbocycles. The summed E-state index contributed by atoms with van der Waals surface area (Å²) in [5.74, 6) is -0.294. The lowest BCUT2D eigenvalue weighted by Crippen LogP contribution is -2.25. The molecule has 16 heavy (non-hydrogen) atoms. The number of esters is 1. The monoisotopic (exact) mass is 215 g/mol.